The van der Waals surface area contributed by atoms with Crippen LogP contribution in [0.5, 0.6) is 5.75 Å². The Morgan fingerprint density at radius 1 is 1.40 bits per heavy atom. The lowest BCUT2D eigenvalue weighted by molar-refractivity contribution is 0.0562. The zero-order valence-corrected chi connectivity index (χ0v) is 14.7. The molecule has 5 nitrogen and oxygen atoms in total. The van der Waals surface area contributed by atoms with Gasteiger partial charge in [0, 0.05) is 12.5 Å². The van der Waals surface area contributed by atoms with Gasteiger partial charge >= 0.3 is 0 Å². The van der Waals surface area contributed by atoms with Crippen LogP contribution in [0.3, 0.4) is 0 Å². The molecule has 0 saturated carbocycles. The molecule has 0 amide bonds. The Hall–Kier alpha value is -2.21. The molecule has 1 aromatic heterocycles. The number of aromatic nitrogens is 3. The summed E-state index contributed by atoms with van der Waals surface area (Å²) >= 11 is 0. The minimum Gasteiger partial charge on any atom is -0.485 e. The molecular weight excluding hydrogens is 321 g/mol. The molecule has 6 heteroatoms. The third kappa shape index (κ3) is 5.13. The van der Waals surface area contributed by atoms with Gasteiger partial charge in [0.1, 0.15) is 24.0 Å². The number of halogens is 1. The second kappa shape index (κ2) is 7.35. The minimum atomic E-state index is -0.880. The number of allylic oxidation sites excluding steroid dienone is 2. The molecule has 1 atom stereocenters. The lowest BCUT2D eigenvalue weighted by atomic mass is 10.0. The first-order chi connectivity index (χ1) is 11.9. The fraction of sp³-hybridized carbons (Fsp3) is 0.474. The molecule has 3 rings (SSSR count). The summed E-state index contributed by atoms with van der Waals surface area (Å²) in [6.45, 7) is 4.02. The lowest BCUT2D eigenvalue weighted by Crippen LogP contribution is -2.28. The van der Waals surface area contributed by atoms with Crippen molar-refractivity contribution in [3.63, 3.8) is 0 Å². The molecule has 1 N–H and O–H groups in total. The topological polar surface area (TPSA) is 60.2 Å². The molecule has 1 aliphatic carbocycles. The van der Waals surface area contributed by atoms with Gasteiger partial charge in [0.15, 0.2) is 5.82 Å². The van der Waals surface area contributed by atoms with Crippen molar-refractivity contribution >= 4 is 0 Å². The summed E-state index contributed by atoms with van der Waals surface area (Å²) in [5.41, 5.74) is -0.880. The van der Waals surface area contributed by atoms with Crippen LogP contribution in [0.15, 0.2) is 36.4 Å². The predicted molar refractivity (Wildman–Crippen MR) is 92.6 cm³/mol. The number of aliphatic hydroxyl groups is 1. The average Bonchev–Trinajstić information content (AvgIpc) is 3.15. The van der Waals surface area contributed by atoms with E-state index in [1.54, 1.807) is 30.7 Å². The van der Waals surface area contributed by atoms with Gasteiger partial charge in [0.05, 0.1) is 12.1 Å². The van der Waals surface area contributed by atoms with Crippen molar-refractivity contribution in [2.45, 2.75) is 51.9 Å². The highest BCUT2D eigenvalue weighted by atomic mass is 19.1. The van der Waals surface area contributed by atoms with Crippen LogP contribution in [0, 0.1) is 11.7 Å². The van der Waals surface area contributed by atoms with E-state index in [9.17, 15) is 9.50 Å². The maximum atomic E-state index is 13.2. The lowest BCUT2D eigenvalue weighted by Gasteiger charge is -2.18. The van der Waals surface area contributed by atoms with Crippen molar-refractivity contribution in [3.05, 3.63) is 53.9 Å². The van der Waals surface area contributed by atoms with Gasteiger partial charge in [-0.05, 0) is 44.7 Å². The SMILES string of the molecule is CC(C)(O)Cn1nc(COc2cccc(F)c2)nc1CC1C=CCC1. The predicted octanol–water partition coefficient (Wildman–Crippen LogP) is 3.28. The Morgan fingerprint density at radius 2 is 2.24 bits per heavy atom. The molecule has 0 fully saturated rings. The van der Waals surface area contributed by atoms with E-state index in [0.29, 0.717) is 24.0 Å². The van der Waals surface area contributed by atoms with Crippen LogP contribution in [0.2, 0.25) is 0 Å². The van der Waals surface area contributed by atoms with Gasteiger partial charge < -0.3 is 9.84 Å². The first kappa shape index (κ1) is 17.6. The van der Waals surface area contributed by atoms with Crippen LogP contribution >= 0.6 is 0 Å². The second-order valence-electron chi connectivity index (χ2n) is 7.13. The first-order valence-electron chi connectivity index (χ1n) is 8.59. The Labute approximate surface area is 147 Å². The molecule has 0 spiro atoms. The van der Waals surface area contributed by atoms with Gasteiger partial charge in [-0.1, -0.05) is 18.2 Å². The monoisotopic (exact) mass is 345 g/mol. The van der Waals surface area contributed by atoms with Crippen molar-refractivity contribution in [2.75, 3.05) is 0 Å². The fourth-order valence-corrected chi connectivity index (χ4v) is 2.94. The zero-order valence-electron chi connectivity index (χ0n) is 14.7. The van der Waals surface area contributed by atoms with Crippen molar-refractivity contribution in [2.24, 2.45) is 5.92 Å². The van der Waals surface area contributed by atoms with Crippen molar-refractivity contribution in [1.29, 1.82) is 0 Å². The number of hydrogen-bond donors (Lipinski definition) is 1. The molecule has 1 aliphatic rings. The van der Waals surface area contributed by atoms with Gasteiger partial charge in [-0.2, -0.15) is 5.10 Å². The minimum absolute atomic E-state index is 0.163. The van der Waals surface area contributed by atoms with Crippen molar-refractivity contribution in [1.82, 2.24) is 14.8 Å². The second-order valence-corrected chi connectivity index (χ2v) is 7.13. The summed E-state index contributed by atoms with van der Waals surface area (Å²) in [7, 11) is 0. The van der Waals surface area contributed by atoms with E-state index < -0.39 is 5.60 Å². The van der Waals surface area contributed by atoms with Gasteiger partial charge in [0.25, 0.3) is 0 Å². The summed E-state index contributed by atoms with van der Waals surface area (Å²) in [4.78, 5) is 4.58. The quantitative estimate of drug-likeness (QED) is 0.783. The molecule has 1 unspecified atom stereocenters. The normalized spacial score (nSPS) is 17.2. The van der Waals surface area contributed by atoms with Crippen LogP contribution in [-0.4, -0.2) is 25.5 Å². The molecule has 0 saturated heterocycles. The Morgan fingerprint density at radius 3 is 2.92 bits per heavy atom. The van der Waals surface area contributed by atoms with E-state index in [4.69, 9.17) is 4.74 Å². The van der Waals surface area contributed by atoms with E-state index in [2.05, 4.69) is 22.2 Å². The maximum absolute atomic E-state index is 13.2. The summed E-state index contributed by atoms with van der Waals surface area (Å²) < 4.78 is 20.6. The van der Waals surface area contributed by atoms with Gasteiger partial charge in [-0.25, -0.2) is 14.1 Å². The van der Waals surface area contributed by atoms with E-state index in [1.807, 2.05) is 0 Å². The van der Waals surface area contributed by atoms with Crippen LogP contribution in [0.4, 0.5) is 4.39 Å². The molecule has 0 radical (unpaired) electrons. The van der Waals surface area contributed by atoms with Gasteiger partial charge in [0.2, 0.25) is 0 Å². The first-order valence-corrected chi connectivity index (χ1v) is 8.59. The van der Waals surface area contributed by atoms with Crippen molar-refractivity contribution < 1.29 is 14.2 Å². The van der Waals surface area contributed by atoms with E-state index in [-0.39, 0.29) is 12.4 Å². The van der Waals surface area contributed by atoms with E-state index >= 15 is 0 Å². The summed E-state index contributed by atoms with van der Waals surface area (Å²) in [5.74, 6) is 1.94. The summed E-state index contributed by atoms with van der Waals surface area (Å²) in [6, 6.07) is 6.00. The van der Waals surface area contributed by atoms with E-state index in [1.165, 1.54) is 12.1 Å². The molecule has 25 heavy (non-hydrogen) atoms. The highest BCUT2D eigenvalue weighted by molar-refractivity contribution is 5.22. The number of ether oxygens (including phenoxy) is 1. The maximum Gasteiger partial charge on any atom is 0.188 e. The Balaban J connectivity index is 1.73. The largest absolute Gasteiger partial charge is 0.485 e. The Kier molecular flexibility index (Phi) is 5.18. The molecule has 0 bridgehead atoms. The standard InChI is InChI=1S/C19H24FN3O2/c1-19(2,24)13-23-18(10-14-6-3-4-7-14)21-17(22-23)12-25-16-9-5-8-15(20)11-16/h3,5-6,8-9,11,14,24H,4,7,10,12-13H2,1-2H3. The van der Waals surface area contributed by atoms with Crippen LogP contribution in [0.1, 0.15) is 38.3 Å². The number of rotatable bonds is 7. The zero-order chi connectivity index (χ0) is 17.9. The smallest absolute Gasteiger partial charge is 0.188 e. The van der Waals surface area contributed by atoms with Gasteiger partial charge in [-0.3, -0.25) is 0 Å². The fourth-order valence-electron chi connectivity index (χ4n) is 2.94. The highest BCUT2D eigenvalue weighted by Crippen LogP contribution is 2.22. The van der Waals surface area contributed by atoms with Gasteiger partial charge in [-0.15, -0.1) is 0 Å². The third-order valence-electron chi connectivity index (χ3n) is 4.05. The average molecular weight is 345 g/mol. The van der Waals surface area contributed by atoms with Crippen LogP contribution in [0.25, 0.3) is 0 Å². The van der Waals surface area contributed by atoms with Crippen LogP contribution in [-0.2, 0) is 19.6 Å². The van der Waals surface area contributed by atoms with Crippen molar-refractivity contribution in [3.8, 4) is 5.75 Å². The molecule has 2 aromatic rings. The summed E-state index contributed by atoms with van der Waals surface area (Å²) in [5, 5.41) is 14.6. The number of benzene rings is 1. The van der Waals surface area contributed by atoms with E-state index in [0.717, 1.165) is 25.1 Å². The number of hydrogen-bond acceptors (Lipinski definition) is 4. The Bertz CT molecular complexity index is 749. The van der Waals surface area contributed by atoms with Crippen LogP contribution < -0.4 is 4.74 Å². The third-order valence-corrected chi connectivity index (χ3v) is 4.05. The summed E-state index contributed by atoms with van der Waals surface area (Å²) in [6.07, 6.45) is 7.41. The number of nitrogens with zero attached hydrogens (tertiary/aromatic N) is 3. The molecule has 0 aliphatic heterocycles. The molecule has 1 aromatic carbocycles. The molecule has 134 valence electrons. The highest BCUT2D eigenvalue weighted by Gasteiger charge is 2.21. The molecule has 1 heterocycles. The molecular formula is C19H24FN3O2.